The molecule has 1 aromatic carbocycles. The van der Waals surface area contributed by atoms with Gasteiger partial charge in [-0.1, -0.05) is 0 Å². The highest BCUT2D eigenvalue weighted by Crippen LogP contribution is 2.29. The maximum Gasteiger partial charge on any atom is 0.337 e. The average Bonchev–Trinajstić information content (AvgIpc) is 2.71. The van der Waals surface area contributed by atoms with E-state index in [-0.39, 0.29) is 29.5 Å². The normalized spacial score (nSPS) is 20.9. The van der Waals surface area contributed by atoms with Crippen LogP contribution in [0.25, 0.3) is 0 Å². The van der Waals surface area contributed by atoms with Crippen molar-refractivity contribution in [1.29, 1.82) is 0 Å². The molecule has 0 bridgehead atoms. The summed E-state index contributed by atoms with van der Waals surface area (Å²) < 4.78 is 4.45. The molecular weight excluding hydrogens is 294 g/mol. The van der Waals surface area contributed by atoms with Crippen molar-refractivity contribution in [3.05, 3.63) is 34.9 Å². The molecule has 8 nitrogen and oxygen atoms in total. The molecule has 1 fully saturated rings. The highest BCUT2D eigenvalue weighted by atomic mass is 16.6. The number of cyclic esters (lactones) is 2. The summed E-state index contributed by atoms with van der Waals surface area (Å²) in [7, 11) is 0. The second-order valence-corrected chi connectivity index (χ2v) is 4.89. The second kappa shape index (κ2) is 4.76. The number of benzene rings is 1. The zero-order chi connectivity index (χ0) is 16.0. The first-order chi connectivity index (χ1) is 10.4. The van der Waals surface area contributed by atoms with Gasteiger partial charge in [0.05, 0.1) is 16.7 Å². The number of esters is 2. The number of carboxylic acids is 1. The molecule has 0 aliphatic carbocycles. The van der Waals surface area contributed by atoms with Gasteiger partial charge < -0.3 is 9.84 Å². The van der Waals surface area contributed by atoms with Gasteiger partial charge in [0.1, 0.15) is 6.04 Å². The molecule has 1 aromatic rings. The van der Waals surface area contributed by atoms with Crippen LogP contribution in [0.2, 0.25) is 0 Å². The van der Waals surface area contributed by atoms with E-state index >= 15 is 0 Å². The van der Waals surface area contributed by atoms with Gasteiger partial charge in [-0.15, -0.1) is 0 Å². The Hall–Kier alpha value is -3.03. The van der Waals surface area contributed by atoms with Gasteiger partial charge in [0, 0.05) is 6.42 Å². The maximum atomic E-state index is 12.3. The Balaban J connectivity index is 1.98. The number of hydrogen-bond donors (Lipinski definition) is 1. The third kappa shape index (κ3) is 1.96. The Morgan fingerprint density at radius 3 is 2.45 bits per heavy atom. The Labute approximate surface area is 123 Å². The van der Waals surface area contributed by atoms with Crippen molar-refractivity contribution < 1.29 is 33.8 Å². The molecule has 0 radical (unpaired) electrons. The Bertz CT molecular complexity index is 752. The first-order valence-electron chi connectivity index (χ1n) is 6.40. The minimum absolute atomic E-state index is 0.00504. The fraction of sp³-hybridized carbons (Fsp3) is 0.214. The summed E-state index contributed by atoms with van der Waals surface area (Å²) in [5.41, 5.74) is -0.183. The molecule has 2 aliphatic heterocycles. The van der Waals surface area contributed by atoms with Crippen molar-refractivity contribution >= 4 is 29.7 Å². The van der Waals surface area contributed by atoms with Gasteiger partial charge in [-0.3, -0.25) is 19.3 Å². The van der Waals surface area contributed by atoms with E-state index < -0.39 is 35.8 Å². The molecule has 112 valence electrons. The number of amides is 2. The van der Waals surface area contributed by atoms with Crippen LogP contribution in [0.15, 0.2) is 18.2 Å². The lowest BCUT2D eigenvalue weighted by atomic mass is 10.1. The zero-order valence-corrected chi connectivity index (χ0v) is 11.1. The lowest BCUT2D eigenvalue weighted by Gasteiger charge is -2.26. The molecule has 3 rings (SSSR count). The summed E-state index contributed by atoms with van der Waals surface area (Å²) in [5.74, 6) is -4.35. The number of aromatic carboxylic acids is 1. The summed E-state index contributed by atoms with van der Waals surface area (Å²) in [5, 5.41) is 8.93. The van der Waals surface area contributed by atoms with Gasteiger partial charge in [0.15, 0.2) is 0 Å². The number of nitrogens with zero attached hydrogens (tertiary/aromatic N) is 1. The van der Waals surface area contributed by atoms with Crippen LogP contribution >= 0.6 is 0 Å². The first kappa shape index (κ1) is 13.9. The topological polar surface area (TPSA) is 118 Å². The fourth-order valence-electron chi connectivity index (χ4n) is 2.51. The number of fused-ring (bicyclic) bond motifs is 1. The highest BCUT2D eigenvalue weighted by Gasteiger charge is 2.45. The van der Waals surface area contributed by atoms with Crippen molar-refractivity contribution in [1.82, 2.24) is 4.90 Å². The minimum Gasteiger partial charge on any atom is -0.478 e. The molecule has 0 unspecified atom stereocenters. The number of carbonyl (C=O) groups is 5. The number of imide groups is 1. The largest absolute Gasteiger partial charge is 0.478 e. The van der Waals surface area contributed by atoms with Crippen LogP contribution in [0.4, 0.5) is 0 Å². The van der Waals surface area contributed by atoms with E-state index in [9.17, 15) is 24.0 Å². The monoisotopic (exact) mass is 303 g/mol. The van der Waals surface area contributed by atoms with Crippen LogP contribution in [-0.4, -0.2) is 45.8 Å². The van der Waals surface area contributed by atoms with Crippen LogP contribution in [-0.2, 0) is 14.3 Å². The Kier molecular flexibility index (Phi) is 3.01. The smallest absolute Gasteiger partial charge is 0.337 e. The molecule has 2 amide bonds. The van der Waals surface area contributed by atoms with E-state index in [1.807, 2.05) is 0 Å². The standard InChI is InChI=1S/C14H9NO7/c16-10-4-3-9(14(21)22-10)15-11(17)7-2-1-6(13(19)20)5-8(7)12(15)18/h1-2,5,9H,3-4H2,(H,19,20)/t9-/m0/s1. The quantitative estimate of drug-likeness (QED) is 0.471. The number of carbonyl (C=O) groups excluding carboxylic acids is 4. The summed E-state index contributed by atoms with van der Waals surface area (Å²) in [6.07, 6.45) is -0.0842. The lowest BCUT2D eigenvalue weighted by molar-refractivity contribution is -0.167. The predicted octanol–water partition coefficient (Wildman–Crippen LogP) is 0.213. The van der Waals surface area contributed by atoms with E-state index in [4.69, 9.17) is 5.11 Å². The van der Waals surface area contributed by atoms with Gasteiger partial charge in [0.25, 0.3) is 11.8 Å². The number of carboxylic acid groups (broad SMARTS) is 1. The van der Waals surface area contributed by atoms with E-state index in [0.717, 1.165) is 11.0 Å². The molecule has 0 saturated carbocycles. The zero-order valence-electron chi connectivity index (χ0n) is 11.1. The molecule has 2 heterocycles. The van der Waals surface area contributed by atoms with E-state index in [1.54, 1.807) is 0 Å². The van der Waals surface area contributed by atoms with Crippen molar-refractivity contribution in [3.8, 4) is 0 Å². The third-order valence-electron chi connectivity index (χ3n) is 3.59. The van der Waals surface area contributed by atoms with Crippen molar-refractivity contribution in [2.45, 2.75) is 18.9 Å². The van der Waals surface area contributed by atoms with Gasteiger partial charge in [0.2, 0.25) is 0 Å². The summed E-state index contributed by atoms with van der Waals surface area (Å²) in [4.78, 5) is 59.0. The van der Waals surface area contributed by atoms with Crippen molar-refractivity contribution in [2.75, 3.05) is 0 Å². The molecule has 2 aliphatic rings. The number of rotatable bonds is 2. The highest BCUT2D eigenvalue weighted by molar-refractivity contribution is 6.23. The third-order valence-corrected chi connectivity index (χ3v) is 3.59. The van der Waals surface area contributed by atoms with Crippen LogP contribution in [0.5, 0.6) is 0 Å². The van der Waals surface area contributed by atoms with Crippen molar-refractivity contribution in [2.24, 2.45) is 0 Å². The first-order valence-corrected chi connectivity index (χ1v) is 6.40. The average molecular weight is 303 g/mol. The second-order valence-electron chi connectivity index (χ2n) is 4.89. The maximum absolute atomic E-state index is 12.3. The van der Waals surface area contributed by atoms with Gasteiger partial charge in [-0.2, -0.15) is 0 Å². The van der Waals surface area contributed by atoms with Gasteiger partial charge >= 0.3 is 17.9 Å². The van der Waals surface area contributed by atoms with Crippen LogP contribution in [0.1, 0.15) is 43.9 Å². The molecule has 0 aromatic heterocycles. The van der Waals surface area contributed by atoms with Crippen LogP contribution < -0.4 is 0 Å². The summed E-state index contributed by atoms with van der Waals surface area (Å²) in [6, 6.07) is 2.37. The minimum atomic E-state index is -1.23. The van der Waals surface area contributed by atoms with Crippen LogP contribution in [0, 0.1) is 0 Å². The van der Waals surface area contributed by atoms with Gasteiger partial charge in [-0.25, -0.2) is 9.59 Å². The molecule has 1 saturated heterocycles. The van der Waals surface area contributed by atoms with Gasteiger partial charge in [-0.05, 0) is 24.6 Å². The molecule has 22 heavy (non-hydrogen) atoms. The van der Waals surface area contributed by atoms with E-state index in [1.165, 1.54) is 12.1 Å². The fourth-order valence-corrected chi connectivity index (χ4v) is 2.51. The number of hydrogen-bond acceptors (Lipinski definition) is 6. The molecule has 0 spiro atoms. The Morgan fingerprint density at radius 1 is 1.14 bits per heavy atom. The van der Waals surface area contributed by atoms with E-state index in [0.29, 0.717) is 0 Å². The summed E-state index contributed by atoms with van der Waals surface area (Å²) in [6.45, 7) is 0. The molecular formula is C14H9NO7. The van der Waals surface area contributed by atoms with Crippen LogP contribution in [0.3, 0.4) is 0 Å². The Morgan fingerprint density at radius 2 is 1.82 bits per heavy atom. The van der Waals surface area contributed by atoms with Crippen molar-refractivity contribution in [3.63, 3.8) is 0 Å². The SMILES string of the molecule is O=C1CC[C@H](N2C(=O)c3ccc(C(=O)O)cc3C2=O)C(=O)O1. The van der Waals surface area contributed by atoms with E-state index in [2.05, 4.69) is 4.74 Å². The number of ether oxygens (including phenoxy) is 1. The molecule has 1 atom stereocenters. The lowest BCUT2D eigenvalue weighted by Crippen LogP contribution is -2.48. The predicted molar refractivity (Wildman–Crippen MR) is 68.0 cm³/mol. The molecule has 1 N–H and O–H groups in total. The molecule has 8 heteroatoms. The summed E-state index contributed by atoms with van der Waals surface area (Å²) >= 11 is 0.